The molecule has 1 aromatic heterocycles. The third-order valence-electron chi connectivity index (χ3n) is 3.65. The van der Waals surface area contributed by atoms with Gasteiger partial charge in [0.1, 0.15) is 23.7 Å². The number of hydrogen-bond acceptors (Lipinski definition) is 3. The average Bonchev–Trinajstić information content (AvgIpc) is 2.84. The number of rotatable bonds is 5. The quantitative estimate of drug-likeness (QED) is 0.564. The van der Waals surface area contributed by atoms with Gasteiger partial charge in [-0.1, -0.05) is 0 Å². The Balaban J connectivity index is 2.05. The molecule has 3 N–H and O–H groups in total. The van der Waals surface area contributed by atoms with Crippen molar-refractivity contribution in [3.05, 3.63) is 35.3 Å². The first kappa shape index (κ1) is 19.8. The molecule has 0 aliphatic rings. The predicted molar refractivity (Wildman–Crippen MR) is 102 cm³/mol. The number of halogens is 1. The van der Waals surface area contributed by atoms with E-state index in [1.165, 1.54) is 12.1 Å². The highest BCUT2D eigenvalue weighted by molar-refractivity contribution is 5.85. The Hall–Kier alpha value is -2.57. The molecule has 142 valence electrons. The van der Waals surface area contributed by atoms with Crippen molar-refractivity contribution < 1.29 is 13.6 Å². The Morgan fingerprint density at radius 3 is 2.65 bits per heavy atom. The monoisotopic (exact) mass is 362 g/mol. The SMILES string of the molecule is CCNC(=NCC(=O)NC(C)(C)C)NCc1oc2ccc(F)cc2c1C. The van der Waals surface area contributed by atoms with Crippen molar-refractivity contribution in [1.29, 1.82) is 0 Å². The molecule has 2 aromatic rings. The standard InChI is InChI=1S/C19H27FN4O2/c1-6-21-18(23-11-17(25)24-19(3,4)5)22-10-16-12(2)14-9-13(20)7-8-15(14)26-16/h7-9H,6,10-11H2,1-5H3,(H,24,25)(H2,21,22,23). The molecule has 2 rings (SSSR count). The third-order valence-corrected chi connectivity index (χ3v) is 3.65. The molecule has 0 aliphatic carbocycles. The Morgan fingerprint density at radius 1 is 1.27 bits per heavy atom. The summed E-state index contributed by atoms with van der Waals surface area (Å²) in [6.45, 7) is 10.7. The Morgan fingerprint density at radius 2 is 2.00 bits per heavy atom. The van der Waals surface area contributed by atoms with Crippen LogP contribution in [-0.2, 0) is 11.3 Å². The third kappa shape index (κ3) is 5.47. The smallest absolute Gasteiger partial charge is 0.242 e. The molecule has 1 amide bonds. The van der Waals surface area contributed by atoms with Gasteiger partial charge in [0, 0.05) is 23.0 Å². The van der Waals surface area contributed by atoms with Gasteiger partial charge in [0.25, 0.3) is 0 Å². The number of guanidine groups is 1. The fourth-order valence-electron chi connectivity index (χ4n) is 2.53. The summed E-state index contributed by atoms with van der Waals surface area (Å²) in [5.74, 6) is 0.781. The van der Waals surface area contributed by atoms with Crippen LogP contribution >= 0.6 is 0 Å². The molecule has 0 saturated carbocycles. The number of nitrogens with one attached hydrogen (secondary N) is 3. The van der Waals surface area contributed by atoms with E-state index in [2.05, 4.69) is 20.9 Å². The summed E-state index contributed by atoms with van der Waals surface area (Å²) >= 11 is 0. The number of furan rings is 1. The second-order valence-electron chi connectivity index (χ2n) is 7.14. The molecule has 26 heavy (non-hydrogen) atoms. The lowest BCUT2D eigenvalue weighted by atomic mass is 10.1. The van der Waals surface area contributed by atoms with Gasteiger partial charge in [-0.2, -0.15) is 0 Å². The number of carbonyl (C=O) groups is 1. The predicted octanol–water partition coefficient (Wildman–Crippen LogP) is 2.85. The van der Waals surface area contributed by atoms with Crippen LogP contribution < -0.4 is 16.0 Å². The van der Waals surface area contributed by atoms with Crippen LogP contribution in [0.1, 0.15) is 39.0 Å². The fraction of sp³-hybridized carbons (Fsp3) is 0.474. The number of fused-ring (bicyclic) bond motifs is 1. The van der Waals surface area contributed by atoms with Crippen molar-refractivity contribution in [3.8, 4) is 0 Å². The van der Waals surface area contributed by atoms with E-state index in [9.17, 15) is 9.18 Å². The van der Waals surface area contributed by atoms with Crippen LogP contribution in [0.4, 0.5) is 4.39 Å². The molecule has 0 bridgehead atoms. The highest BCUT2D eigenvalue weighted by Gasteiger charge is 2.14. The lowest BCUT2D eigenvalue weighted by Gasteiger charge is -2.20. The van der Waals surface area contributed by atoms with Crippen LogP contribution in [0.25, 0.3) is 11.0 Å². The van der Waals surface area contributed by atoms with Gasteiger partial charge in [-0.25, -0.2) is 9.38 Å². The van der Waals surface area contributed by atoms with E-state index in [1.807, 2.05) is 34.6 Å². The van der Waals surface area contributed by atoms with Crippen molar-refractivity contribution in [3.63, 3.8) is 0 Å². The van der Waals surface area contributed by atoms with Crippen LogP contribution in [-0.4, -0.2) is 30.5 Å². The summed E-state index contributed by atoms with van der Waals surface area (Å²) in [5, 5.41) is 9.86. The van der Waals surface area contributed by atoms with E-state index >= 15 is 0 Å². The van der Waals surface area contributed by atoms with Gasteiger partial charge >= 0.3 is 0 Å². The molecule has 0 saturated heterocycles. The molecule has 0 unspecified atom stereocenters. The van der Waals surface area contributed by atoms with Crippen molar-refractivity contribution in [2.45, 2.75) is 46.7 Å². The largest absolute Gasteiger partial charge is 0.459 e. The lowest BCUT2D eigenvalue weighted by molar-refractivity contribution is -0.121. The maximum Gasteiger partial charge on any atom is 0.242 e. The molecule has 1 aromatic carbocycles. The summed E-state index contributed by atoms with van der Waals surface area (Å²) in [6, 6.07) is 4.47. The lowest BCUT2D eigenvalue weighted by Crippen LogP contribution is -2.43. The van der Waals surface area contributed by atoms with E-state index in [4.69, 9.17) is 4.42 Å². The number of amides is 1. The summed E-state index contributed by atoms with van der Waals surface area (Å²) in [7, 11) is 0. The highest BCUT2D eigenvalue weighted by Crippen LogP contribution is 2.25. The maximum absolute atomic E-state index is 13.4. The zero-order valence-electron chi connectivity index (χ0n) is 16.0. The van der Waals surface area contributed by atoms with Gasteiger partial charge in [0.05, 0.1) is 6.54 Å². The van der Waals surface area contributed by atoms with Crippen molar-refractivity contribution in [1.82, 2.24) is 16.0 Å². The van der Waals surface area contributed by atoms with Crippen LogP contribution in [0, 0.1) is 12.7 Å². The summed E-state index contributed by atoms with van der Waals surface area (Å²) in [6.07, 6.45) is 0. The van der Waals surface area contributed by atoms with Gasteiger partial charge in [0.15, 0.2) is 5.96 Å². The van der Waals surface area contributed by atoms with Crippen LogP contribution in [0.3, 0.4) is 0 Å². The van der Waals surface area contributed by atoms with Gasteiger partial charge in [-0.05, 0) is 52.8 Å². The number of aliphatic imine (C=N–C) groups is 1. The van der Waals surface area contributed by atoms with Crippen molar-refractivity contribution in [2.24, 2.45) is 4.99 Å². The Kier molecular flexibility index (Phi) is 6.23. The summed E-state index contributed by atoms with van der Waals surface area (Å²) < 4.78 is 19.2. The first-order valence-corrected chi connectivity index (χ1v) is 8.70. The van der Waals surface area contributed by atoms with Crippen LogP contribution in [0.2, 0.25) is 0 Å². The number of benzene rings is 1. The van der Waals surface area contributed by atoms with Gasteiger partial charge in [-0.15, -0.1) is 0 Å². The molecule has 6 nitrogen and oxygen atoms in total. The molecule has 0 spiro atoms. The van der Waals surface area contributed by atoms with E-state index in [1.54, 1.807) is 6.07 Å². The molecular weight excluding hydrogens is 335 g/mol. The number of nitrogens with zero attached hydrogens (tertiary/aromatic N) is 1. The van der Waals surface area contributed by atoms with E-state index in [0.717, 1.165) is 10.9 Å². The van der Waals surface area contributed by atoms with Gasteiger partial charge < -0.3 is 20.4 Å². The van der Waals surface area contributed by atoms with E-state index < -0.39 is 0 Å². The number of aryl methyl sites for hydroxylation is 1. The highest BCUT2D eigenvalue weighted by atomic mass is 19.1. The zero-order valence-corrected chi connectivity index (χ0v) is 16.0. The van der Waals surface area contributed by atoms with Crippen LogP contribution in [0.15, 0.2) is 27.6 Å². The number of carbonyl (C=O) groups excluding carboxylic acids is 1. The summed E-state index contributed by atoms with van der Waals surface area (Å²) in [4.78, 5) is 16.2. The molecule has 0 aliphatic heterocycles. The second kappa shape index (κ2) is 8.21. The van der Waals surface area contributed by atoms with E-state index in [0.29, 0.717) is 30.4 Å². The van der Waals surface area contributed by atoms with Gasteiger partial charge in [0.2, 0.25) is 5.91 Å². The first-order valence-electron chi connectivity index (χ1n) is 8.70. The molecule has 0 radical (unpaired) electrons. The first-order chi connectivity index (χ1) is 12.2. The topological polar surface area (TPSA) is 78.7 Å². The second-order valence-corrected chi connectivity index (χ2v) is 7.14. The fourth-order valence-corrected chi connectivity index (χ4v) is 2.53. The normalized spacial score (nSPS) is 12.3. The maximum atomic E-state index is 13.4. The van der Waals surface area contributed by atoms with Gasteiger partial charge in [-0.3, -0.25) is 4.79 Å². The average molecular weight is 362 g/mol. The molecular formula is C19H27FN4O2. The minimum Gasteiger partial charge on any atom is -0.459 e. The molecule has 0 atom stereocenters. The van der Waals surface area contributed by atoms with Crippen molar-refractivity contribution in [2.75, 3.05) is 13.1 Å². The van der Waals surface area contributed by atoms with Crippen molar-refractivity contribution >= 4 is 22.8 Å². The van der Waals surface area contributed by atoms with E-state index in [-0.39, 0.29) is 23.8 Å². The molecule has 0 fully saturated rings. The summed E-state index contributed by atoms with van der Waals surface area (Å²) in [5.41, 5.74) is 1.24. The zero-order chi connectivity index (χ0) is 19.3. The molecule has 7 heteroatoms. The number of hydrogen-bond donors (Lipinski definition) is 3. The molecule has 1 heterocycles. The Bertz CT molecular complexity index is 806. The minimum absolute atomic E-state index is 0.0247. The Labute approximate surface area is 153 Å². The van der Waals surface area contributed by atoms with Crippen LogP contribution in [0.5, 0.6) is 0 Å². The minimum atomic E-state index is -0.293.